The number of fused-ring (bicyclic) bond motifs is 1. The van der Waals surface area contributed by atoms with Gasteiger partial charge in [-0.15, -0.1) is 11.3 Å². The van der Waals surface area contributed by atoms with Crippen LogP contribution in [0.1, 0.15) is 39.2 Å². The van der Waals surface area contributed by atoms with Crippen molar-refractivity contribution in [2.45, 2.75) is 38.5 Å². The number of aryl methyl sites for hydroxylation is 3. The number of hydrogen-bond donors (Lipinski definition) is 1. The topological polar surface area (TPSA) is 92.8 Å². The highest BCUT2D eigenvalue weighted by atomic mass is 32.2. The average molecular weight is 501 g/mol. The second-order valence-electron chi connectivity index (χ2n) is 8.77. The van der Waals surface area contributed by atoms with E-state index >= 15 is 0 Å². The van der Waals surface area contributed by atoms with Crippen LogP contribution in [0.2, 0.25) is 0 Å². The molecule has 34 heavy (non-hydrogen) atoms. The second kappa shape index (κ2) is 9.48. The fourth-order valence-electron chi connectivity index (χ4n) is 4.64. The van der Waals surface area contributed by atoms with Gasteiger partial charge in [0.25, 0.3) is 0 Å². The summed E-state index contributed by atoms with van der Waals surface area (Å²) in [6.07, 6.45) is 1.24. The molecule has 1 atom stereocenters. The molecule has 4 rings (SSSR count). The lowest BCUT2D eigenvalue weighted by Gasteiger charge is -2.32. The Morgan fingerprint density at radius 3 is 2.47 bits per heavy atom. The lowest BCUT2D eigenvalue weighted by molar-refractivity contribution is -0.120. The van der Waals surface area contributed by atoms with Crippen LogP contribution in [-0.4, -0.2) is 44.8 Å². The van der Waals surface area contributed by atoms with E-state index in [1.165, 1.54) is 22.8 Å². The Labute approximate surface area is 203 Å². The number of carbonyl (C=O) groups is 2. The third-order valence-electron chi connectivity index (χ3n) is 6.13. The van der Waals surface area contributed by atoms with Gasteiger partial charge in [-0.05, 0) is 74.4 Å². The average Bonchev–Trinajstić information content (AvgIpc) is 3.21. The van der Waals surface area contributed by atoms with E-state index in [-0.39, 0.29) is 12.5 Å². The molecule has 9 heteroatoms. The van der Waals surface area contributed by atoms with Crippen LogP contribution in [0.3, 0.4) is 0 Å². The van der Waals surface area contributed by atoms with Crippen molar-refractivity contribution in [3.05, 3.63) is 58.0 Å². The van der Waals surface area contributed by atoms with Crippen molar-refractivity contribution in [3.63, 3.8) is 0 Å². The number of methoxy groups -OCH3 is 1. The van der Waals surface area contributed by atoms with E-state index in [2.05, 4.69) is 5.32 Å². The van der Waals surface area contributed by atoms with E-state index in [0.717, 1.165) is 26.8 Å². The normalized spacial score (nSPS) is 17.0. The molecule has 0 saturated carbocycles. The molecule has 0 unspecified atom stereocenters. The number of thiophene rings is 1. The van der Waals surface area contributed by atoms with Crippen LogP contribution in [0.4, 0.5) is 5.69 Å². The summed E-state index contributed by atoms with van der Waals surface area (Å²) in [6.45, 7) is 6.12. The molecule has 1 aromatic heterocycles. The minimum Gasteiger partial charge on any atom is -0.465 e. The molecule has 1 N–H and O–H groups in total. The molecular formula is C25H28N2O5S2. The van der Waals surface area contributed by atoms with Crippen LogP contribution in [-0.2, 0) is 19.6 Å². The summed E-state index contributed by atoms with van der Waals surface area (Å²) in [5.74, 6) is -1.05. The molecule has 1 aliphatic rings. The van der Waals surface area contributed by atoms with Crippen molar-refractivity contribution in [1.82, 2.24) is 4.31 Å². The first kappa shape index (κ1) is 24.4. The molecule has 0 radical (unpaired) electrons. The fraction of sp³-hybridized carbons (Fsp3) is 0.360. The van der Waals surface area contributed by atoms with Crippen molar-refractivity contribution in [3.8, 4) is 0 Å². The number of sulfonamides is 1. The van der Waals surface area contributed by atoms with Gasteiger partial charge < -0.3 is 10.1 Å². The van der Waals surface area contributed by atoms with Crippen LogP contribution in [0, 0.1) is 26.7 Å². The lowest BCUT2D eigenvalue weighted by atomic mass is 9.98. The van der Waals surface area contributed by atoms with Gasteiger partial charge in [-0.1, -0.05) is 17.7 Å². The third kappa shape index (κ3) is 4.73. The molecular weight excluding hydrogens is 472 g/mol. The molecule has 180 valence electrons. The van der Waals surface area contributed by atoms with E-state index in [1.807, 2.05) is 45.0 Å². The van der Waals surface area contributed by atoms with Gasteiger partial charge in [-0.25, -0.2) is 13.2 Å². The number of rotatable bonds is 5. The Kier molecular flexibility index (Phi) is 6.80. The van der Waals surface area contributed by atoms with Crippen molar-refractivity contribution in [1.29, 1.82) is 0 Å². The van der Waals surface area contributed by atoms with Gasteiger partial charge in [-0.3, -0.25) is 4.79 Å². The van der Waals surface area contributed by atoms with Crippen LogP contribution >= 0.6 is 11.3 Å². The number of nitrogens with one attached hydrogen (secondary N) is 1. The SMILES string of the molecule is COC(=O)c1cc2cc(NC(=O)[C@H]3CCCN(S(=O)(=O)c4c(C)cc(C)cc4C)C3)ccc2s1. The van der Waals surface area contributed by atoms with Gasteiger partial charge >= 0.3 is 5.97 Å². The van der Waals surface area contributed by atoms with Crippen LogP contribution in [0.15, 0.2) is 41.3 Å². The Balaban J connectivity index is 1.51. The van der Waals surface area contributed by atoms with Gasteiger partial charge in [0.15, 0.2) is 0 Å². The molecule has 0 spiro atoms. The predicted molar refractivity (Wildman–Crippen MR) is 134 cm³/mol. The van der Waals surface area contributed by atoms with E-state index in [0.29, 0.717) is 34.8 Å². The van der Waals surface area contributed by atoms with Crippen molar-refractivity contribution < 1.29 is 22.7 Å². The summed E-state index contributed by atoms with van der Waals surface area (Å²) < 4.78 is 34.0. The maximum Gasteiger partial charge on any atom is 0.348 e. The maximum atomic E-state index is 13.5. The predicted octanol–water partition coefficient (Wildman–Crippen LogP) is 4.65. The monoisotopic (exact) mass is 500 g/mol. The van der Waals surface area contributed by atoms with Gasteiger partial charge in [0.2, 0.25) is 15.9 Å². The van der Waals surface area contributed by atoms with Gasteiger partial charge in [0.1, 0.15) is 4.88 Å². The molecule has 0 aliphatic carbocycles. The van der Waals surface area contributed by atoms with Crippen molar-refractivity contribution in [2.24, 2.45) is 5.92 Å². The van der Waals surface area contributed by atoms with Crippen LogP contribution in [0.5, 0.6) is 0 Å². The van der Waals surface area contributed by atoms with Crippen LogP contribution < -0.4 is 5.32 Å². The summed E-state index contributed by atoms with van der Waals surface area (Å²) in [5.41, 5.74) is 3.07. The molecule has 2 heterocycles. The summed E-state index contributed by atoms with van der Waals surface area (Å²) >= 11 is 1.33. The summed E-state index contributed by atoms with van der Waals surface area (Å²) in [5, 5.41) is 3.76. The largest absolute Gasteiger partial charge is 0.465 e. The molecule has 2 aromatic carbocycles. The number of nitrogens with zero attached hydrogens (tertiary/aromatic N) is 1. The lowest BCUT2D eigenvalue weighted by Crippen LogP contribution is -2.44. The van der Waals surface area contributed by atoms with Gasteiger partial charge in [0.05, 0.1) is 17.9 Å². The first-order chi connectivity index (χ1) is 16.1. The third-order valence-corrected chi connectivity index (χ3v) is 9.40. The van der Waals surface area contributed by atoms with Gasteiger partial charge in [-0.2, -0.15) is 4.31 Å². The Bertz CT molecular complexity index is 1350. The Morgan fingerprint density at radius 2 is 1.79 bits per heavy atom. The summed E-state index contributed by atoms with van der Waals surface area (Å²) in [4.78, 5) is 25.7. The number of piperidine rings is 1. The first-order valence-electron chi connectivity index (χ1n) is 11.1. The first-order valence-corrected chi connectivity index (χ1v) is 13.4. The second-order valence-corrected chi connectivity index (χ2v) is 11.7. The van der Waals surface area contributed by atoms with E-state index in [9.17, 15) is 18.0 Å². The zero-order valence-corrected chi connectivity index (χ0v) is 21.3. The Hall–Kier alpha value is -2.75. The molecule has 0 bridgehead atoms. The summed E-state index contributed by atoms with van der Waals surface area (Å²) in [7, 11) is -2.36. The molecule has 1 saturated heterocycles. The number of anilines is 1. The zero-order chi connectivity index (χ0) is 24.6. The number of ether oxygens (including phenoxy) is 1. The van der Waals surface area contributed by atoms with Crippen molar-refractivity contribution >= 4 is 49.0 Å². The minimum atomic E-state index is -3.71. The van der Waals surface area contributed by atoms with Gasteiger partial charge in [0, 0.05) is 23.5 Å². The molecule has 1 aliphatic heterocycles. The van der Waals surface area contributed by atoms with E-state index in [1.54, 1.807) is 12.1 Å². The summed E-state index contributed by atoms with van der Waals surface area (Å²) in [6, 6.07) is 10.9. The number of carbonyl (C=O) groups excluding carboxylic acids is 2. The highest BCUT2D eigenvalue weighted by Gasteiger charge is 2.35. The highest BCUT2D eigenvalue weighted by Crippen LogP contribution is 2.31. The number of amides is 1. The van der Waals surface area contributed by atoms with Crippen LogP contribution in [0.25, 0.3) is 10.1 Å². The quantitative estimate of drug-likeness (QED) is 0.515. The van der Waals surface area contributed by atoms with E-state index < -0.39 is 21.9 Å². The number of hydrogen-bond acceptors (Lipinski definition) is 6. The standard InChI is InChI=1S/C25H28N2O5S2/c1-15-10-16(2)23(17(3)11-15)34(30,31)27-9-5-6-18(14-27)24(28)26-20-7-8-21-19(12-20)13-22(33-21)25(29)32-4/h7-8,10-13,18H,5-6,9,14H2,1-4H3,(H,26,28)/t18-/m0/s1. The molecule has 3 aromatic rings. The molecule has 1 amide bonds. The smallest absolute Gasteiger partial charge is 0.348 e. The number of esters is 1. The molecule has 1 fully saturated rings. The van der Waals surface area contributed by atoms with E-state index in [4.69, 9.17) is 4.74 Å². The maximum absolute atomic E-state index is 13.5. The molecule has 7 nitrogen and oxygen atoms in total. The minimum absolute atomic E-state index is 0.147. The number of benzene rings is 2. The zero-order valence-electron chi connectivity index (χ0n) is 19.7. The fourth-order valence-corrected chi connectivity index (χ4v) is 7.54. The van der Waals surface area contributed by atoms with Crippen molar-refractivity contribution in [2.75, 3.05) is 25.5 Å². The Morgan fingerprint density at radius 1 is 1.09 bits per heavy atom. The highest BCUT2D eigenvalue weighted by molar-refractivity contribution is 7.89.